The van der Waals surface area contributed by atoms with Gasteiger partial charge in [-0.3, -0.25) is 9.69 Å². The van der Waals surface area contributed by atoms with Gasteiger partial charge in [0.25, 0.3) is 0 Å². The van der Waals surface area contributed by atoms with E-state index in [-0.39, 0.29) is 5.97 Å². The molecule has 0 bridgehead atoms. The van der Waals surface area contributed by atoms with Crippen molar-refractivity contribution in [3.05, 3.63) is 35.9 Å². The zero-order valence-electron chi connectivity index (χ0n) is 12.1. The highest BCUT2D eigenvalue weighted by Crippen LogP contribution is 2.05. The van der Waals surface area contributed by atoms with Crippen LogP contribution in [0.5, 0.6) is 0 Å². The molecule has 1 aromatic carbocycles. The van der Waals surface area contributed by atoms with Crippen LogP contribution in [-0.4, -0.2) is 55.5 Å². The molecular weight excluding hydrogens is 258 g/mol. The van der Waals surface area contributed by atoms with Gasteiger partial charge in [0, 0.05) is 33.7 Å². The molecule has 1 N–H and O–H groups in total. The monoisotopic (exact) mass is 281 g/mol. The van der Waals surface area contributed by atoms with Gasteiger partial charge in [0.2, 0.25) is 0 Å². The Hall–Kier alpha value is -1.43. The highest BCUT2D eigenvalue weighted by Gasteiger charge is 2.12. The van der Waals surface area contributed by atoms with E-state index >= 15 is 0 Å². The van der Waals surface area contributed by atoms with E-state index < -0.39 is 6.10 Å². The number of ether oxygens (including phenoxy) is 2. The van der Waals surface area contributed by atoms with Gasteiger partial charge in [-0.25, -0.2) is 0 Å². The van der Waals surface area contributed by atoms with Crippen LogP contribution in [0, 0.1) is 0 Å². The first-order chi connectivity index (χ1) is 9.61. The predicted octanol–water partition coefficient (Wildman–Crippen LogP) is 1.06. The minimum Gasteiger partial charge on any atom is -0.465 e. The molecule has 0 aliphatic rings. The molecule has 1 atom stereocenters. The molecule has 0 saturated carbocycles. The van der Waals surface area contributed by atoms with E-state index in [1.54, 1.807) is 7.11 Å². The first-order valence-corrected chi connectivity index (χ1v) is 6.68. The van der Waals surface area contributed by atoms with Crippen molar-refractivity contribution in [1.29, 1.82) is 0 Å². The van der Waals surface area contributed by atoms with Gasteiger partial charge < -0.3 is 14.6 Å². The van der Waals surface area contributed by atoms with E-state index in [9.17, 15) is 9.90 Å². The molecule has 112 valence electrons. The number of rotatable bonds is 9. The minimum atomic E-state index is -0.555. The summed E-state index contributed by atoms with van der Waals surface area (Å²) in [5.74, 6) is -0.290. The summed E-state index contributed by atoms with van der Waals surface area (Å²) in [4.78, 5) is 12.8. The molecule has 0 fully saturated rings. The number of hydrogen-bond acceptors (Lipinski definition) is 5. The van der Waals surface area contributed by atoms with Gasteiger partial charge in [0.15, 0.2) is 0 Å². The molecule has 1 rings (SSSR count). The molecule has 0 heterocycles. The molecule has 0 aliphatic heterocycles. The SMILES string of the molecule is COC[C@@H](O)CN(CCOC(C)=O)Cc1ccccc1. The Kier molecular flexibility index (Phi) is 7.87. The van der Waals surface area contributed by atoms with Crippen molar-refractivity contribution >= 4 is 5.97 Å². The molecule has 0 amide bonds. The topological polar surface area (TPSA) is 59.0 Å². The third-order valence-corrected chi connectivity index (χ3v) is 2.79. The maximum absolute atomic E-state index is 10.8. The van der Waals surface area contributed by atoms with Crippen LogP contribution < -0.4 is 0 Å². The summed E-state index contributed by atoms with van der Waals surface area (Å²) < 4.78 is 9.89. The first-order valence-electron chi connectivity index (χ1n) is 6.68. The van der Waals surface area contributed by atoms with Crippen LogP contribution in [0.2, 0.25) is 0 Å². The summed E-state index contributed by atoms with van der Waals surface area (Å²) in [6.07, 6.45) is -0.555. The number of methoxy groups -OCH3 is 1. The number of benzene rings is 1. The van der Waals surface area contributed by atoms with Crippen LogP contribution >= 0.6 is 0 Å². The Balaban J connectivity index is 2.51. The lowest BCUT2D eigenvalue weighted by atomic mass is 10.2. The van der Waals surface area contributed by atoms with Crippen molar-refractivity contribution in [2.24, 2.45) is 0 Å². The molecule has 0 aliphatic carbocycles. The van der Waals surface area contributed by atoms with Crippen molar-refractivity contribution in [1.82, 2.24) is 4.90 Å². The summed E-state index contributed by atoms with van der Waals surface area (Å²) >= 11 is 0. The maximum Gasteiger partial charge on any atom is 0.302 e. The maximum atomic E-state index is 10.8. The molecule has 1 aromatic rings. The van der Waals surface area contributed by atoms with Crippen molar-refractivity contribution in [2.45, 2.75) is 19.6 Å². The zero-order valence-corrected chi connectivity index (χ0v) is 12.1. The van der Waals surface area contributed by atoms with Crippen LogP contribution in [0.25, 0.3) is 0 Å². The van der Waals surface area contributed by atoms with Gasteiger partial charge in [0.1, 0.15) is 6.61 Å². The summed E-state index contributed by atoms with van der Waals surface area (Å²) in [7, 11) is 1.56. The van der Waals surface area contributed by atoms with E-state index in [4.69, 9.17) is 9.47 Å². The molecule has 5 nitrogen and oxygen atoms in total. The van der Waals surface area contributed by atoms with Crippen LogP contribution in [0.4, 0.5) is 0 Å². The first kappa shape index (κ1) is 16.6. The van der Waals surface area contributed by atoms with Gasteiger partial charge >= 0.3 is 5.97 Å². The number of carbonyl (C=O) groups excluding carboxylic acids is 1. The lowest BCUT2D eigenvalue weighted by Crippen LogP contribution is -2.36. The number of nitrogens with zero attached hydrogens (tertiary/aromatic N) is 1. The fourth-order valence-electron chi connectivity index (χ4n) is 1.94. The van der Waals surface area contributed by atoms with Crippen LogP contribution in [0.3, 0.4) is 0 Å². The number of hydrogen-bond donors (Lipinski definition) is 1. The third kappa shape index (κ3) is 7.23. The summed E-state index contributed by atoms with van der Waals surface area (Å²) in [5, 5.41) is 9.83. The molecule has 0 saturated heterocycles. The number of aliphatic hydroxyl groups excluding tert-OH is 1. The highest BCUT2D eigenvalue weighted by atomic mass is 16.5. The van der Waals surface area contributed by atoms with E-state index in [0.717, 1.165) is 5.56 Å². The lowest BCUT2D eigenvalue weighted by Gasteiger charge is -2.24. The Morgan fingerprint density at radius 3 is 2.65 bits per heavy atom. The lowest BCUT2D eigenvalue weighted by molar-refractivity contribution is -0.141. The minimum absolute atomic E-state index is 0.290. The number of carbonyl (C=O) groups is 1. The Labute approximate surface area is 120 Å². The summed E-state index contributed by atoms with van der Waals surface area (Å²) in [6, 6.07) is 9.98. The highest BCUT2D eigenvalue weighted by molar-refractivity contribution is 5.65. The zero-order chi connectivity index (χ0) is 14.8. The van der Waals surface area contributed by atoms with E-state index in [0.29, 0.717) is 32.8 Å². The smallest absolute Gasteiger partial charge is 0.302 e. The number of aliphatic hydroxyl groups is 1. The Bertz CT molecular complexity index is 383. The van der Waals surface area contributed by atoms with Crippen molar-refractivity contribution in [3.63, 3.8) is 0 Å². The van der Waals surface area contributed by atoms with E-state index in [1.807, 2.05) is 35.2 Å². The molecule has 20 heavy (non-hydrogen) atoms. The van der Waals surface area contributed by atoms with Gasteiger partial charge in [-0.05, 0) is 5.56 Å². The second kappa shape index (κ2) is 9.47. The summed E-state index contributed by atoms with van der Waals surface area (Å²) in [5.41, 5.74) is 1.15. The fourth-order valence-corrected chi connectivity index (χ4v) is 1.94. The van der Waals surface area contributed by atoms with Gasteiger partial charge in [-0.2, -0.15) is 0 Å². The molecular formula is C15H23NO4. The summed E-state index contributed by atoms with van der Waals surface area (Å²) in [6.45, 7) is 3.75. The average Bonchev–Trinajstić information content (AvgIpc) is 2.39. The predicted molar refractivity (Wildman–Crippen MR) is 76.2 cm³/mol. The van der Waals surface area contributed by atoms with Gasteiger partial charge in [0.05, 0.1) is 12.7 Å². The molecule has 0 aromatic heterocycles. The normalized spacial score (nSPS) is 12.4. The molecule has 0 unspecified atom stereocenters. The Morgan fingerprint density at radius 1 is 1.35 bits per heavy atom. The van der Waals surface area contributed by atoms with Crippen LogP contribution in [0.1, 0.15) is 12.5 Å². The average molecular weight is 281 g/mol. The molecule has 5 heteroatoms. The van der Waals surface area contributed by atoms with Crippen molar-refractivity contribution < 1.29 is 19.4 Å². The second-order valence-corrected chi connectivity index (χ2v) is 4.67. The van der Waals surface area contributed by atoms with Gasteiger partial charge in [-0.1, -0.05) is 30.3 Å². The standard InChI is InChI=1S/C15H23NO4/c1-13(17)20-9-8-16(11-15(18)12-19-2)10-14-6-4-3-5-7-14/h3-7,15,18H,8-12H2,1-2H3/t15-/m0/s1. The van der Waals surface area contributed by atoms with Crippen molar-refractivity contribution in [2.75, 3.05) is 33.4 Å². The number of esters is 1. The van der Waals surface area contributed by atoms with Crippen LogP contribution in [0.15, 0.2) is 30.3 Å². The Morgan fingerprint density at radius 2 is 2.05 bits per heavy atom. The van der Waals surface area contributed by atoms with Gasteiger partial charge in [-0.15, -0.1) is 0 Å². The van der Waals surface area contributed by atoms with Crippen LogP contribution in [-0.2, 0) is 20.8 Å². The third-order valence-electron chi connectivity index (χ3n) is 2.79. The quantitative estimate of drug-likeness (QED) is 0.686. The van der Waals surface area contributed by atoms with Crippen molar-refractivity contribution in [3.8, 4) is 0 Å². The second-order valence-electron chi connectivity index (χ2n) is 4.67. The molecule has 0 radical (unpaired) electrons. The van der Waals surface area contributed by atoms with E-state index in [1.165, 1.54) is 6.92 Å². The fraction of sp³-hybridized carbons (Fsp3) is 0.533. The molecule has 0 spiro atoms. The van der Waals surface area contributed by atoms with E-state index in [2.05, 4.69) is 0 Å². The largest absolute Gasteiger partial charge is 0.465 e.